The van der Waals surface area contributed by atoms with Gasteiger partial charge in [-0.25, -0.2) is 4.98 Å². The molecular weight excluding hydrogens is 404 g/mol. The fourth-order valence-electron chi connectivity index (χ4n) is 3.37. The third-order valence-electron chi connectivity index (χ3n) is 5.14. The first kappa shape index (κ1) is 20.1. The molecule has 1 amide bonds. The van der Waals surface area contributed by atoms with Crippen molar-refractivity contribution in [3.05, 3.63) is 46.6 Å². The van der Waals surface area contributed by atoms with Crippen molar-refractivity contribution in [1.29, 1.82) is 0 Å². The first-order chi connectivity index (χ1) is 14.0. The quantitative estimate of drug-likeness (QED) is 0.483. The summed E-state index contributed by atoms with van der Waals surface area (Å²) in [4.78, 5) is 20.3. The number of thioether (sulfide) groups is 1. The standard InChI is InChI=1S/C21H24N4O2S2/c1-13-19(29-15(3)22-13)20-23-24-21(27-20)28-12-18(26)25(14(2)17-9-10-17)11-16-7-5-4-6-8-16/h4-8,14,17H,9-12H2,1-3H3/t14-/m0/s1. The molecule has 0 aliphatic heterocycles. The van der Waals surface area contributed by atoms with Gasteiger partial charge in [0, 0.05) is 12.6 Å². The molecule has 8 heteroatoms. The minimum Gasteiger partial charge on any atom is -0.410 e. The van der Waals surface area contributed by atoms with Crippen LogP contribution in [-0.2, 0) is 11.3 Å². The van der Waals surface area contributed by atoms with Gasteiger partial charge in [0.1, 0.15) is 4.88 Å². The first-order valence-electron chi connectivity index (χ1n) is 9.75. The Balaban J connectivity index is 1.42. The molecule has 0 radical (unpaired) electrons. The zero-order valence-corrected chi connectivity index (χ0v) is 18.4. The Morgan fingerprint density at radius 3 is 2.69 bits per heavy atom. The zero-order chi connectivity index (χ0) is 20.4. The van der Waals surface area contributed by atoms with Gasteiger partial charge < -0.3 is 9.32 Å². The van der Waals surface area contributed by atoms with Gasteiger partial charge in [0.25, 0.3) is 11.1 Å². The number of carbonyl (C=O) groups excluding carboxylic acids is 1. The number of hydrogen-bond acceptors (Lipinski definition) is 7. The summed E-state index contributed by atoms with van der Waals surface area (Å²) in [7, 11) is 0. The Kier molecular flexibility index (Phi) is 6.01. The van der Waals surface area contributed by atoms with Gasteiger partial charge >= 0.3 is 0 Å². The summed E-state index contributed by atoms with van der Waals surface area (Å²) in [6.07, 6.45) is 2.40. The SMILES string of the molecule is Cc1nc(C)c(-c2nnc(SCC(=O)N(Cc3ccccc3)[C@@H](C)C3CC3)o2)s1. The molecule has 1 fully saturated rings. The number of aromatic nitrogens is 3. The van der Waals surface area contributed by atoms with Gasteiger partial charge in [0.15, 0.2) is 0 Å². The van der Waals surface area contributed by atoms with Crippen molar-refractivity contribution in [3.8, 4) is 10.8 Å². The van der Waals surface area contributed by atoms with Gasteiger partial charge in [-0.1, -0.05) is 42.1 Å². The van der Waals surface area contributed by atoms with E-state index in [4.69, 9.17) is 4.42 Å². The largest absolute Gasteiger partial charge is 0.410 e. The number of nitrogens with zero attached hydrogens (tertiary/aromatic N) is 4. The smallest absolute Gasteiger partial charge is 0.277 e. The lowest BCUT2D eigenvalue weighted by atomic mass is 10.1. The molecule has 6 nitrogen and oxygen atoms in total. The number of carbonyl (C=O) groups is 1. The lowest BCUT2D eigenvalue weighted by Crippen LogP contribution is -2.40. The van der Waals surface area contributed by atoms with Crippen LogP contribution in [0.2, 0.25) is 0 Å². The molecular formula is C21H24N4O2S2. The van der Waals surface area contributed by atoms with Gasteiger partial charge in [0.2, 0.25) is 5.91 Å². The average Bonchev–Trinajstić information content (AvgIpc) is 3.37. The van der Waals surface area contributed by atoms with E-state index in [1.165, 1.54) is 35.9 Å². The summed E-state index contributed by atoms with van der Waals surface area (Å²) in [5.74, 6) is 1.46. The van der Waals surface area contributed by atoms with E-state index >= 15 is 0 Å². The Hall–Kier alpha value is -2.19. The van der Waals surface area contributed by atoms with Crippen LogP contribution in [0.15, 0.2) is 40.0 Å². The Labute approximate surface area is 178 Å². The summed E-state index contributed by atoms with van der Waals surface area (Å²) in [5.41, 5.74) is 2.03. The third-order valence-corrected chi connectivity index (χ3v) is 7.00. The lowest BCUT2D eigenvalue weighted by molar-refractivity contribution is -0.131. The minimum atomic E-state index is 0.0998. The zero-order valence-electron chi connectivity index (χ0n) is 16.8. The molecule has 29 heavy (non-hydrogen) atoms. The van der Waals surface area contributed by atoms with Crippen LogP contribution in [0.4, 0.5) is 0 Å². The maximum Gasteiger partial charge on any atom is 0.277 e. The van der Waals surface area contributed by atoms with Gasteiger partial charge in [-0.05, 0) is 45.1 Å². The van der Waals surface area contributed by atoms with Crippen molar-refractivity contribution < 1.29 is 9.21 Å². The molecule has 1 atom stereocenters. The molecule has 2 aromatic heterocycles. The summed E-state index contributed by atoms with van der Waals surface area (Å²) in [6, 6.07) is 10.4. The second kappa shape index (κ2) is 8.67. The molecule has 4 rings (SSSR count). The second-order valence-corrected chi connectivity index (χ2v) is 9.52. The number of benzene rings is 1. The fraction of sp³-hybridized carbons (Fsp3) is 0.429. The molecule has 0 bridgehead atoms. The van der Waals surface area contributed by atoms with Crippen LogP contribution >= 0.6 is 23.1 Å². The topological polar surface area (TPSA) is 72.1 Å². The van der Waals surface area contributed by atoms with Crippen LogP contribution in [0.1, 0.15) is 36.0 Å². The van der Waals surface area contributed by atoms with E-state index in [1.54, 1.807) is 0 Å². The molecule has 1 saturated carbocycles. The Morgan fingerprint density at radius 1 is 1.28 bits per heavy atom. The second-order valence-electron chi connectivity index (χ2n) is 7.39. The van der Waals surface area contributed by atoms with Crippen molar-refractivity contribution in [1.82, 2.24) is 20.1 Å². The van der Waals surface area contributed by atoms with E-state index in [-0.39, 0.29) is 17.7 Å². The van der Waals surface area contributed by atoms with Crippen molar-refractivity contribution in [2.45, 2.75) is 51.4 Å². The van der Waals surface area contributed by atoms with Crippen LogP contribution < -0.4 is 0 Å². The van der Waals surface area contributed by atoms with E-state index < -0.39 is 0 Å². The summed E-state index contributed by atoms with van der Waals surface area (Å²) < 4.78 is 5.77. The molecule has 0 saturated heterocycles. The molecule has 152 valence electrons. The molecule has 1 aromatic carbocycles. The maximum absolute atomic E-state index is 13.0. The predicted octanol–water partition coefficient (Wildman–Crippen LogP) is 4.73. The number of aryl methyl sites for hydroxylation is 2. The Morgan fingerprint density at radius 2 is 2.03 bits per heavy atom. The van der Waals surface area contributed by atoms with E-state index in [1.807, 2.05) is 36.9 Å². The molecule has 0 unspecified atom stereocenters. The number of thiazole rings is 1. The van der Waals surface area contributed by atoms with Crippen molar-refractivity contribution in [2.75, 3.05) is 5.75 Å². The van der Waals surface area contributed by atoms with Gasteiger partial charge in [-0.2, -0.15) is 0 Å². The van der Waals surface area contributed by atoms with Gasteiger partial charge in [-0.3, -0.25) is 4.79 Å². The summed E-state index contributed by atoms with van der Waals surface area (Å²) in [5, 5.41) is 9.62. The highest BCUT2D eigenvalue weighted by molar-refractivity contribution is 7.99. The number of rotatable bonds is 8. The van der Waals surface area contributed by atoms with Crippen LogP contribution in [0, 0.1) is 19.8 Å². The molecule has 3 aromatic rings. The van der Waals surface area contributed by atoms with Crippen LogP contribution in [-0.4, -0.2) is 37.8 Å². The molecule has 0 spiro atoms. The Bertz CT molecular complexity index is 982. The molecule has 0 N–H and O–H groups in total. The maximum atomic E-state index is 13.0. The predicted molar refractivity (Wildman–Crippen MR) is 115 cm³/mol. The molecule has 1 aliphatic rings. The number of amides is 1. The fourth-order valence-corrected chi connectivity index (χ4v) is 4.86. The third kappa shape index (κ3) is 4.87. The minimum absolute atomic E-state index is 0.0998. The molecule has 2 heterocycles. The van der Waals surface area contributed by atoms with Crippen LogP contribution in [0.3, 0.4) is 0 Å². The molecule has 1 aliphatic carbocycles. The highest BCUT2D eigenvalue weighted by atomic mass is 32.2. The normalized spacial score (nSPS) is 14.7. The average molecular weight is 429 g/mol. The highest BCUT2D eigenvalue weighted by Gasteiger charge is 2.34. The number of hydrogen-bond donors (Lipinski definition) is 0. The first-order valence-corrected chi connectivity index (χ1v) is 11.6. The van der Waals surface area contributed by atoms with E-state index in [0.29, 0.717) is 23.6 Å². The van der Waals surface area contributed by atoms with E-state index in [9.17, 15) is 4.79 Å². The van der Waals surface area contributed by atoms with Crippen molar-refractivity contribution in [3.63, 3.8) is 0 Å². The summed E-state index contributed by atoms with van der Waals surface area (Å²) >= 11 is 2.83. The van der Waals surface area contributed by atoms with Crippen LogP contribution in [0.5, 0.6) is 0 Å². The van der Waals surface area contributed by atoms with E-state index in [0.717, 1.165) is 21.1 Å². The van der Waals surface area contributed by atoms with Gasteiger partial charge in [-0.15, -0.1) is 21.5 Å². The van der Waals surface area contributed by atoms with Crippen molar-refractivity contribution >= 4 is 29.0 Å². The van der Waals surface area contributed by atoms with Gasteiger partial charge in [0.05, 0.1) is 16.5 Å². The lowest BCUT2D eigenvalue weighted by Gasteiger charge is -2.29. The monoisotopic (exact) mass is 428 g/mol. The van der Waals surface area contributed by atoms with E-state index in [2.05, 4.69) is 34.2 Å². The highest BCUT2D eigenvalue weighted by Crippen LogP contribution is 2.36. The summed E-state index contributed by atoms with van der Waals surface area (Å²) in [6.45, 7) is 6.67. The van der Waals surface area contributed by atoms with Crippen molar-refractivity contribution in [2.24, 2.45) is 5.92 Å². The van der Waals surface area contributed by atoms with Crippen LogP contribution in [0.25, 0.3) is 10.8 Å².